The molecule has 1 aliphatic heterocycles. The number of nitrogens with one attached hydrogen (secondary N) is 2. The number of sulfonamides is 1. The van der Waals surface area contributed by atoms with Crippen LogP contribution in [-0.4, -0.2) is 86.9 Å². The predicted molar refractivity (Wildman–Crippen MR) is 141 cm³/mol. The van der Waals surface area contributed by atoms with Gasteiger partial charge in [0, 0.05) is 30.9 Å². The molecule has 3 atom stereocenters. The Labute approximate surface area is 217 Å². The van der Waals surface area contributed by atoms with Crippen molar-refractivity contribution in [2.24, 2.45) is 5.92 Å². The molecule has 0 saturated carbocycles. The van der Waals surface area contributed by atoms with Crippen molar-refractivity contribution in [1.29, 1.82) is 0 Å². The molecule has 0 saturated heterocycles. The molecule has 0 aromatic heterocycles. The first-order chi connectivity index (χ1) is 17.4. The first kappa shape index (κ1) is 28.2. The van der Waals surface area contributed by atoms with Crippen molar-refractivity contribution in [3.63, 3.8) is 0 Å². The number of urea groups is 1. The molecule has 0 aliphatic carbocycles. The van der Waals surface area contributed by atoms with Crippen LogP contribution < -0.4 is 20.1 Å². The van der Waals surface area contributed by atoms with Gasteiger partial charge in [-0.2, -0.15) is 0 Å². The fourth-order valence-electron chi connectivity index (χ4n) is 3.87. The second kappa shape index (κ2) is 11.8. The van der Waals surface area contributed by atoms with Crippen LogP contribution in [0.1, 0.15) is 24.2 Å². The second-order valence-electron chi connectivity index (χ2n) is 9.18. The van der Waals surface area contributed by atoms with E-state index in [2.05, 4.69) is 10.6 Å². The van der Waals surface area contributed by atoms with E-state index in [4.69, 9.17) is 9.47 Å². The Bertz CT molecular complexity index is 1220. The summed E-state index contributed by atoms with van der Waals surface area (Å²) in [6.45, 7) is 3.69. The molecule has 12 heteroatoms. The molecular formula is C25H34N4O7S. The van der Waals surface area contributed by atoms with E-state index in [1.807, 2.05) is 6.92 Å². The molecule has 3 amide bonds. The SMILES string of the molecule is COc1ccc(NC(=O)Nc2ccc3c(c2)C(=O)N(C(C)CO)CC(C)C(CN(C)S(C)(=O)=O)O3)cc1. The normalized spacial score (nSPS) is 18.8. The van der Waals surface area contributed by atoms with Crippen molar-refractivity contribution in [2.75, 3.05) is 50.7 Å². The van der Waals surface area contributed by atoms with E-state index < -0.39 is 28.2 Å². The van der Waals surface area contributed by atoms with Crippen LogP contribution in [-0.2, 0) is 10.0 Å². The number of carbonyl (C=O) groups excluding carboxylic acids is 2. The lowest BCUT2D eigenvalue weighted by Gasteiger charge is -2.38. The van der Waals surface area contributed by atoms with E-state index >= 15 is 0 Å². The highest BCUT2D eigenvalue weighted by molar-refractivity contribution is 7.88. The highest BCUT2D eigenvalue weighted by Gasteiger charge is 2.34. The number of methoxy groups -OCH3 is 1. The standard InChI is InChI=1S/C25H34N4O7S/c1-16-13-29(17(2)15-30)24(31)21-12-19(27-25(32)26-18-6-9-20(35-4)10-7-18)8-11-22(21)36-23(16)14-28(3)37(5,33)34/h6-12,16-17,23,30H,13-15H2,1-5H3,(H2,26,27,32). The van der Waals surface area contributed by atoms with Gasteiger partial charge in [-0.05, 0) is 49.4 Å². The van der Waals surface area contributed by atoms with Gasteiger partial charge in [-0.25, -0.2) is 17.5 Å². The van der Waals surface area contributed by atoms with Gasteiger partial charge in [-0.1, -0.05) is 6.92 Å². The zero-order valence-electron chi connectivity index (χ0n) is 21.6. The van der Waals surface area contributed by atoms with Crippen LogP contribution in [0.15, 0.2) is 42.5 Å². The van der Waals surface area contributed by atoms with Crippen LogP contribution >= 0.6 is 0 Å². The van der Waals surface area contributed by atoms with E-state index in [1.54, 1.807) is 55.3 Å². The molecule has 0 spiro atoms. The van der Waals surface area contributed by atoms with Crippen LogP contribution in [0.5, 0.6) is 11.5 Å². The molecule has 202 valence electrons. The number of benzene rings is 2. The lowest BCUT2D eigenvalue weighted by atomic mass is 9.99. The Morgan fingerprint density at radius 2 is 1.84 bits per heavy atom. The van der Waals surface area contributed by atoms with Gasteiger partial charge < -0.3 is 30.1 Å². The van der Waals surface area contributed by atoms with Gasteiger partial charge in [0.1, 0.15) is 17.6 Å². The molecule has 2 aromatic rings. The Balaban J connectivity index is 1.88. The third-order valence-corrected chi connectivity index (χ3v) is 7.56. The number of rotatable bonds is 8. The fraction of sp³-hybridized carbons (Fsp3) is 0.440. The van der Waals surface area contributed by atoms with Crippen molar-refractivity contribution >= 4 is 33.3 Å². The van der Waals surface area contributed by atoms with Gasteiger partial charge in [-0.3, -0.25) is 4.79 Å². The first-order valence-corrected chi connectivity index (χ1v) is 13.6. The minimum absolute atomic E-state index is 0.0826. The van der Waals surface area contributed by atoms with Crippen LogP contribution in [0, 0.1) is 5.92 Å². The maximum Gasteiger partial charge on any atom is 0.323 e. The van der Waals surface area contributed by atoms with Crippen molar-refractivity contribution in [2.45, 2.75) is 26.0 Å². The number of hydrogen-bond donors (Lipinski definition) is 3. The molecule has 0 radical (unpaired) electrons. The monoisotopic (exact) mass is 534 g/mol. The van der Waals surface area contributed by atoms with Gasteiger partial charge >= 0.3 is 6.03 Å². The summed E-state index contributed by atoms with van der Waals surface area (Å²) in [5.41, 5.74) is 1.11. The Morgan fingerprint density at radius 1 is 1.22 bits per heavy atom. The maximum atomic E-state index is 13.5. The Morgan fingerprint density at radius 3 is 2.43 bits per heavy atom. The summed E-state index contributed by atoms with van der Waals surface area (Å²) in [6, 6.07) is 10.5. The third-order valence-electron chi connectivity index (χ3n) is 6.27. The molecule has 37 heavy (non-hydrogen) atoms. The highest BCUT2D eigenvalue weighted by atomic mass is 32.2. The van der Waals surface area contributed by atoms with E-state index in [9.17, 15) is 23.1 Å². The first-order valence-electron chi connectivity index (χ1n) is 11.8. The largest absolute Gasteiger partial charge is 0.497 e. The lowest BCUT2D eigenvalue weighted by molar-refractivity contribution is 0.0387. The van der Waals surface area contributed by atoms with Gasteiger partial charge in [0.25, 0.3) is 5.91 Å². The number of likely N-dealkylation sites (N-methyl/N-ethyl adjacent to an activating group) is 1. The number of nitrogens with zero attached hydrogens (tertiary/aromatic N) is 2. The second-order valence-corrected chi connectivity index (χ2v) is 11.3. The molecular weight excluding hydrogens is 500 g/mol. The summed E-state index contributed by atoms with van der Waals surface area (Å²) in [7, 11) is -0.426. The van der Waals surface area contributed by atoms with Crippen molar-refractivity contribution in [3.05, 3.63) is 48.0 Å². The number of hydrogen-bond acceptors (Lipinski definition) is 7. The predicted octanol–water partition coefficient (Wildman–Crippen LogP) is 2.45. The average Bonchev–Trinajstić information content (AvgIpc) is 2.85. The van der Waals surface area contributed by atoms with Crippen LogP contribution in [0.2, 0.25) is 0 Å². The maximum absolute atomic E-state index is 13.5. The van der Waals surface area contributed by atoms with Gasteiger partial charge in [0.15, 0.2) is 0 Å². The van der Waals surface area contributed by atoms with Crippen LogP contribution in [0.3, 0.4) is 0 Å². The van der Waals surface area contributed by atoms with Crippen molar-refractivity contribution in [1.82, 2.24) is 9.21 Å². The Hall–Kier alpha value is -3.35. The zero-order chi connectivity index (χ0) is 27.3. The summed E-state index contributed by atoms with van der Waals surface area (Å²) in [5.74, 6) is 0.323. The van der Waals surface area contributed by atoms with E-state index in [1.165, 1.54) is 17.4 Å². The number of aliphatic hydroxyl groups excluding tert-OH is 1. The molecule has 11 nitrogen and oxygen atoms in total. The quantitative estimate of drug-likeness (QED) is 0.473. The number of fused-ring (bicyclic) bond motifs is 1. The van der Waals surface area contributed by atoms with E-state index in [-0.39, 0.29) is 42.8 Å². The molecule has 3 N–H and O–H groups in total. The Kier molecular flexibility index (Phi) is 9.00. The third kappa shape index (κ3) is 7.12. The van der Waals surface area contributed by atoms with Gasteiger partial charge in [0.05, 0.1) is 38.1 Å². The van der Waals surface area contributed by atoms with E-state index in [0.717, 1.165) is 6.26 Å². The molecule has 1 heterocycles. The number of carbonyl (C=O) groups is 2. The number of ether oxygens (including phenoxy) is 2. The molecule has 3 unspecified atom stereocenters. The molecule has 1 aliphatic rings. The van der Waals surface area contributed by atoms with Gasteiger partial charge in [-0.15, -0.1) is 0 Å². The lowest BCUT2D eigenvalue weighted by Crippen LogP contribution is -2.50. The smallest absolute Gasteiger partial charge is 0.323 e. The zero-order valence-corrected chi connectivity index (χ0v) is 22.4. The summed E-state index contributed by atoms with van der Waals surface area (Å²) in [5, 5.41) is 15.2. The van der Waals surface area contributed by atoms with Crippen LogP contribution in [0.25, 0.3) is 0 Å². The topological polar surface area (TPSA) is 138 Å². The minimum atomic E-state index is -3.45. The average molecular weight is 535 g/mol. The van der Waals surface area contributed by atoms with Gasteiger partial charge in [0.2, 0.25) is 10.0 Å². The summed E-state index contributed by atoms with van der Waals surface area (Å²) in [4.78, 5) is 27.6. The molecule has 2 aromatic carbocycles. The fourth-order valence-corrected chi connectivity index (χ4v) is 4.29. The summed E-state index contributed by atoms with van der Waals surface area (Å²) < 4.78 is 36.5. The van der Waals surface area contributed by atoms with Crippen LogP contribution in [0.4, 0.5) is 16.2 Å². The number of amides is 3. The summed E-state index contributed by atoms with van der Waals surface area (Å²) in [6.07, 6.45) is 0.560. The molecule has 3 rings (SSSR count). The number of anilines is 2. The summed E-state index contributed by atoms with van der Waals surface area (Å²) >= 11 is 0. The number of aliphatic hydroxyl groups is 1. The molecule has 0 bridgehead atoms. The van der Waals surface area contributed by atoms with Crippen molar-refractivity contribution in [3.8, 4) is 11.5 Å². The van der Waals surface area contributed by atoms with Crippen molar-refractivity contribution < 1.29 is 32.6 Å². The molecule has 0 fully saturated rings. The minimum Gasteiger partial charge on any atom is -0.497 e. The highest BCUT2D eigenvalue weighted by Crippen LogP contribution is 2.31. The van der Waals surface area contributed by atoms with E-state index in [0.29, 0.717) is 17.1 Å².